The van der Waals surface area contributed by atoms with Gasteiger partial charge in [0.1, 0.15) is 5.75 Å². The summed E-state index contributed by atoms with van der Waals surface area (Å²) in [6.07, 6.45) is 1.54. The zero-order valence-electron chi connectivity index (χ0n) is 16.1. The zero-order chi connectivity index (χ0) is 20.2. The Kier molecular flexibility index (Phi) is 5.62. The van der Waals surface area contributed by atoms with Crippen LogP contribution in [0.1, 0.15) is 12.8 Å². The van der Waals surface area contributed by atoms with Gasteiger partial charge in [0.15, 0.2) is 5.13 Å². The fraction of sp³-hybridized carbons (Fsp3) is 0.286. The number of carbonyl (C=O) groups excluding carboxylic acids is 2. The van der Waals surface area contributed by atoms with Gasteiger partial charge in [-0.3, -0.25) is 4.79 Å². The Hall–Kier alpha value is -3.13. The highest BCUT2D eigenvalue weighted by Crippen LogP contribution is 2.30. The van der Waals surface area contributed by atoms with Gasteiger partial charge in [-0.25, -0.2) is 9.78 Å². The second kappa shape index (κ2) is 8.48. The lowest BCUT2D eigenvalue weighted by Gasteiger charge is -2.31. The second-order valence-corrected chi connectivity index (χ2v) is 7.95. The van der Waals surface area contributed by atoms with Gasteiger partial charge < -0.3 is 20.3 Å². The molecule has 0 radical (unpaired) electrons. The molecule has 1 fully saturated rings. The van der Waals surface area contributed by atoms with E-state index < -0.39 is 0 Å². The Labute approximate surface area is 172 Å². The Morgan fingerprint density at radius 1 is 1.17 bits per heavy atom. The number of carbonyl (C=O) groups is 2. The number of nitrogens with zero attached hydrogens (tertiary/aromatic N) is 2. The summed E-state index contributed by atoms with van der Waals surface area (Å²) in [4.78, 5) is 31.5. The minimum absolute atomic E-state index is 0.103. The molecule has 7 nitrogen and oxygen atoms in total. The van der Waals surface area contributed by atoms with Gasteiger partial charge in [0.25, 0.3) is 0 Å². The number of methoxy groups -OCH3 is 1. The molecular weight excluding hydrogens is 388 g/mol. The standard InChI is InChI=1S/C21H22N4O3S/c1-28-16-9-10-17-18(12-16)29-20(23-17)24-19(26)14-6-5-11-25(13-14)21(27)22-15-7-3-2-4-8-15/h2-4,7-10,12,14H,5-6,11,13H2,1H3,(H,22,27)(H,23,24,26)/t14-/m1/s1. The van der Waals surface area contributed by atoms with E-state index in [2.05, 4.69) is 15.6 Å². The number of hydrogen-bond acceptors (Lipinski definition) is 5. The van der Waals surface area contributed by atoms with Crippen molar-refractivity contribution < 1.29 is 14.3 Å². The van der Waals surface area contributed by atoms with Crippen LogP contribution in [0.3, 0.4) is 0 Å². The van der Waals surface area contributed by atoms with E-state index in [1.165, 1.54) is 11.3 Å². The number of para-hydroxylation sites is 1. The third kappa shape index (κ3) is 4.48. The number of fused-ring (bicyclic) bond motifs is 1. The van der Waals surface area contributed by atoms with Gasteiger partial charge in [0, 0.05) is 18.8 Å². The van der Waals surface area contributed by atoms with Crippen LogP contribution >= 0.6 is 11.3 Å². The monoisotopic (exact) mass is 410 g/mol. The van der Waals surface area contributed by atoms with Crippen molar-refractivity contribution in [3.63, 3.8) is 0 Å². The molecule has 8 heteroatoms. The van der Waals surface area contributed by atoms with Gasteiger partial charge in [0.05, 0.1) is 23.2 Å². The predicted molar refractivity (Wildman–Crippen MR) is 115 cm³/mol. The fourth-order valence-corrected chi connectivity index (χ4v) is 4.29. The number of hydrogen-bond donors (Lipinski definition) is 2. The molecule has 2 heterocycles. The number of urea groups is 1. The molecular formula is C21H22N4O3S. The van der Waals surface area contributed by atoms with Gasteiger partial charge in [-0.1, -0.05) is 29.5 Å². The summed E-state index contributed by atoms with van der Waals surface area (Å²) in [6, 6.07) is 14.8. The van der Waals surface area contributed by atoms with Crippen molar-refractivity contribution in [2.75, 3.05) is 30.8 Å². The maximum Gasteiger partial charge on any atom is 0.321 e. The highest BCUT2D eigenvalue weighted by Gasteiger charge is 2.29. The molecule has 0 aliphatic carbocycles. The topological polar surface area (TPSA) is 83.6 Å². The number of aromatic nitrogens is 1. The smallest absolute Gasteiger partial charge is 0.321 e. The lowest BCUT2D eigenvalue weighted by atomic mass is 9.97. The quantitative estimate of drug-likeness (QED) is 0.676. The SMILES string of the molecule is COc1ccc2nc(NC(=O)[C@@H]3CCCN(C(=O)Nc4ccccc4)C3)sc2c1. The molecule has 1 saturated heterocycles. The third-order valence-electron chi connectivity index (χ3n) is 4.93. The van der Waals surface area contributed by atoms with E-state index in [1.807, 2.05) is 48.5 Å². The van der Waals surface area contributed by atoms with Gasteiger partial charge in [0.2, 0.25) is 5.91 Å². The van der Waals surface area contributed by atoms with E-state index in [0.717, 1.165) is 34.5 Å². The Morgan fingerprint density at radius 3 is 2.79 bits per heavy atom. The summed E-state index contributed by atoms with van der Waals surface area (Å²) in [5.74, 6) is 0.395. The first-order valence-corrected chi connectivity index (χ1v) is 10.3. The number of piperidine rings is 1. The van der Waals surface area contributed by atoms with E-state index in [0.29, 0.717) is 18.2 Å². The van der Waals surface area contributed by atoms with Crippen LogP contribution in [0, 0.1) is 5.92 Å². The largest absolute Gasteiger partial charge is 0.497 e. The fourth-order valence-electron chi connectivity index (χ4n) is 3.39. The number of nitrogens with one attached hydrogen (secondary N) is 2. The van der Waals surface area contributed by atoms with Crippen LogP contribution < -0.4 is 15.4 Å². The van der Waals surface area contributed by atoms with Crippen molar-refractivity contribution in [3.8, 4) is 5.75 Å². The lowest BCUT2D eigenvalue weighted by Crippen LogP contribution is -2.45. The number of likely N-dealkylation sites (tertiary alicyclic amines) is 1. The van der Waals surface area contributed by atoms with Crippen molar-refractivity contribution in [1.82, 2.24) is 9.88 Å². The number of rotatable bonds is 4. The van der Waals surface area contributed by atoms with Gasteiger partial charge in [-0.05, 0) is 43.2 Å². The van der Waals surface area contributed by atoms with Crippen LogP contribution in [0.2, 0.25) is 0 Å². The number of benzene rings is 2. The molecule has 0 unspecified atom stereocenters. The van der Waals surface area contributed by atoms with Crippen molar-refractivity contribution in [2.45, 2.75) is 12.8 Å². The molecule has 0 bridgehead atoms. The highest BCUT2D eigenvalue weighted by atomic mass is 32.1. The van der Waals surface area contributed by atoms with E-state index >= 15 is 0 Å². The van der Waals surface area contributed by atoms with Gasteiger partial charge >= 0.3 is 6.03 Å². The number of anilines is 2. The summed E-state index contributed by atoms with van der Waals surface area (Å²) < 4.78 is 6.18. The Bertz CT molecular complexity index is 1020. The molecule has 3 amide bonds. The minimum atomic E-state index is -0.258. The molecule has 0 spiro atoms. The molecule has 1 aliphatic heterocycles. The van der Waals surface area contributed by atoms with Crippen LogP contribution in [0.4, 0.5) is 15.6 Å². The van der Waals surface area contributed by atoms with E-state index in [-0.39, 0.29) is 17.9 Å². The molecule has 0 saturated carbocycles. The van der Waals surface area contributed by atoms with Crippen LogP contribution in [-0.2, 0) is 4.79 Å². The first kappa shape index (κ1) is 19.2. The van der Waals surface area contributed by atoms with Gasteiger partial charge in [-0.2, -0.15) is 0 Å². The third-order valence-corrected chi connectivity index (χ3v) is 5.86. The molecule has 2 N–H and O–H groups in total. The average Bonchev–Trinajstić information content (AvgIpc) is 3.15. The van der Waals surface area contributed by atoms with Gasteiger partial charge in [-0.15, -0.1) is 0 Å². The molecule has 29 heavy (non-hydrogen) atoms. The van der Waals surface area contributed by atoms with E-state index in [1.54, 1.807) is 12.0 Å². The zero-order valence-corrected chi connectivity index (χ0v) is 16.9. The van der Waals surface area contributed by atoms with Crippen molar-refractivity contribution in [1.29, 1.82) is 0 Å². The molecule has 150 valence electrons. The summed E-state index contributed by atoms with van der Waals surface area (Å²) in [5, 5.41) is 6.36. The molecule has 2 aromatic carbocycles. The van der Waals surface area contributed by atoms with Crippen LogP contribution in [0.25, 0.3) is 10.2 Å². The average molecular weight is 410 g/mol. The van der Waals surface area contributed by atoms with Crippen LogP contribution in [0.15, 0.2) is 48.5 Å². The Morgan fingerprint density at radius 2 is 2.00 bits per heavy atom. The summed E-state index contributed by atoms with van der Waals surface area (Å²) in [7, 11) is 1.62. The molecule has 3 aromatic rings. The van der Waals surface area contributed by atoms with E-state index in [9.17, 15) is 9.59 Å². The first-order valence-electron chi connectivity index (χ1n) is 9.49. The molecule has 4 rings (SSSR count). The number of amides is 3. The normalized spacial score (nSPS) is 16.4. The number of ether oxygens (including phenoxy) is 1. The lowest BCUT2D eigenvalue weighted by molar-refractivity contribution is -0.121. The van der Waals surface area contributed by atoms with Crippen molar-refractivity contribution in [3.05, 3.63) is 48.5 Å². The van der Waals surface area contributed by atoms with Crippen LogP contribution in [-0.4, -0.2) is 42.0 Å². The second-order valence-electron chi connectivity index (χ2n) is 6.92. The van der Waals surface area contributed by atoms with Crippen molar-refractivity contribution >= 4 is 44.3 Å². The molecule has 1 aliphatic rings. The summed E-state index contributed by atoms with van der Waals surface area (Å²) in [6.45, 7) is 1.03. The Balaban J connectivity index is 1.39. The summed E-state index contributed by atoms with van der Waals surface area (Å²) >= 11 is 1.41. The van der Waals surface area contributed by atoms with Crippen molar-refractivity contribution in [2.24, 2.45) is 5.92 Å². The minimum Gasteiger partial charge on any atom is -0.497 e. The van der Waals surface area contributed by atoms with E-state index in [4.69, 9.17) is 4.74 Å². The summed E-state index contributed by atoms with van der Waals surface area (Å²) in [5.41, 5.74) is 1.56. The maximum absolute atomic E-state index is 12.8. The highest BCUT2D eigenvalue weighted by molar-refractivity contribution is 7.22. The molecule has 1 atom stereocenters. The maximum atomic E-state index is 12.8. The molecule has 1 aromatic heterocycles. The number of thiazole rings is 1. The van der Waals surface area contributed by atoms with Crippen LogP contribution in [0.5, 0.6) is 5.75 Å². The predicted octanol–water partition coefficient (Wildman–Crippen LogP) is 4.19. The first-order chi connectivity index (χ1) is 14.1.